The molecule has 2 aromatic rings. The lowest BCUT2D eigenvalue weighted by Crippen LogP contribution is -2.43. The molecule has 0 bridgehead atoms. The number of amides is 2. The number of likely N-dealkylation sites (tertiary alicyclic amines) is 1. The van der Waals surface area contributed by atoms with Crippen LogP contribution < -0.4 is 5.32 Å². The molecule has 3 rings (SSSR count). The average molecular weight is 344 g/mol. The number of nitrogens with one attached hydrogen (secondary N) is 2. The van der Waals surface area contributed by atoms with Crippen molar-refractivity contribution in [1.29, 1.82) is 0 Å². The van der Waals surface area contributed by atoms with E-state index in [1.807, 2.05) is 39.0 Å². The van der Waals surface area contributed by atoms with Crippen LogP contribution in [0, 0.1) is 5.92 Å². The highest BCUT2D eigenvalue weighted by atomic mass is 16.6. The highest BCUT2D eigenvalue weighted by molar-refractivity contribution is 6.01. The number of para-hydroxylation sites is 1. The predicted octanol–water partition coefficient (Wildman–Crippen LogP) is 3.15. The van der Waals surface area contributed by atoms with E-state index in [0.29, 0.717) is 25.9 Å². The molecule has 0 aliphatic carbocycles. The van der Waals surface area contributed by atoms with Crippen LogP contribution in [-0.4, -0.2) is 45.8 Å². The lowest BCUT2D eigenvalue weighted by molar-refractivity contribution is -0.121. The molecule has 0 saturated carbocycles. The number of carbonyl (C=O) groups excluding carboxylic acids is 2. The van der Waals surface area contributed by atoms with E-state index in [4.69, 9.17) is 4.74 Å². The average Bonchev–Trinajstić information content (AvgIpc) is 3.03. The molecule has 0 radical (unpaired) electrons. The summed E-state index contributed by atoms with van der Waals surface area (Å²) in [5.74, 6) is -0.136. The van der Waals surface area contributed by atoms with Gasteiger partial charge in [0.05, 0.1) is 17.4 Å². The van der Waals surface area contributed by atoms with Crippen LogP contribution in [0.2, 0.25) is 0 Å². The first-order chi connectivity index (χ1) is 11.8. The third-order valence-electron chi connectivity index (χ3n) is 4.25. The van der Waals surface area contributed by atoms with Crippen LogP contribution in [0.25, 0.3) is 10.9 Å². The number of rotatable bonds is 2. The summed E-state index contributed by atoms with van der Waals surface area (Å²) in [5.41, 5.74) is 1.05. The van der Waals surface area contributed by atoms with Crippen molar-refractivity contribution < 1.29 is 14.3 Å². The number of fused-ring (bicyclic) bond motifs is 1. The molecule has 7 nitrogen and oxygen atoms in total. The fraction of sp³-hybridized carbons (Fsp3) is 0.500. The second-order valence-electron chi connectivity index (χ2n) is 7.37. The van der Waals surface area contributed by atoms with Crippen molar-refractivity contribution in [3.8, 4) is 0 Å². The van der Waals surface area contributed by atoms with Crippen LogP contribution in [0.1, 0.15) is 33.6 Å². The van der Waals surface area contributed by atoms with E-state index in [2.05, 4.69) is 15.5 Å². The van der Waals surface area contributed by atoms with Gasteiger partial charge in [0.25, 0.3) is 0 Å². The van der Waals surface area contributed by atoms with Crippen molar-refractivity contribution in [2.24, 2.45) is 5.92 Å². The summed E-state index contributed by atoms with van der Waals surface area (Å²) in [6, 6.07) is 5.68. The molecule has 25 heavy (non-hydrogen) atoms. The van der Waals surface area contributed by atoms with Crippen molar-refractivity contribution >= 4 is 28.6 Å². The molecule has 2 N–H and O–H groups in total. The number of hydrogen-bond donors (Lipinski definition) is 2. The largest absolute Gasteiger partial charge is 0.444 e. The van der Waals surface area contributed by atoms with Crippen molar-refractivity contribution in [1.82, 2.24) is 15.1 Å². The molecule has 1 fully saturated rings. The highest BCUT2D eigenvalue weighted by Crippen LogP contribution is 2.24. The SMILES string of the molecule is CC(C)(C)OC(=O)N1CCC(C(=O)Nc2cccc3cn[nH]c23)CC1. The Morgan fingerprint density at radius 1 is 1.28 bits per heavy atom. The lowest BCUT2D eigenvalue weighted by Gasteiger charge is -2.32. The zero-order chi connectivity index (χ0) is 18.0. The maximum Gasteiger partial charge on any atom is 0.410 e. The monoisotopic (exact) mass is 344 g/mol. The molecule has 1 aromatic carbocycles. The van der Waals surface area contributed by atoms with E-state index < -0.39 is 5.60 Å². The van der Waals surface area contributed by atoms with Crippen molar-refractivity contribution in [3.05, 3.63) is 24.4 Å². The third-order valence-corrected chi connectivity index (χ3v) is 4.25. The molecule has 1 saturated heterocycles. The van der Waals surface area contributed by atoms with Crippen LogP contribution in [0.5, 0.6) is 0 Å². The molecule has 7 heteroatoms. The maximum absolute atomic E-state index is 12.6. The van der Waals surface area contributed by atoms with Gasteiger partial charge in [0, 0.05) is 24.4 Å². The van der Waals surface area contributed by atoms with E-state index >= 15 is 0 Å². The Morgan fingerprint density at radius 3 is 2.68 bits per heavy atom. The van der Waals surface area contributed by atoms with E-state index in [1.54, 1.807) is 11.1 Å². The van der Waals surface area contributed by atoms with Crippen LogP contribution in [0.4, 0.5) is 10.5 Å². The normalized spacial score (nSPS) is 16.0. The van der Waals surface area contributed by atoms with Crippen molar-refractivity contribution in [2.45, 2.75) is 39.2 Å². The number of anilines is 1. The molecule has 0 unspecified atom stereocenters. The fourth-order valence-corrected chi connectivity index (χ4v) is 2.96. The zero-order valence-electron chi connectivity index (χ0n) is 14.8. The summed E-state index contributed by atoms with van der Waals surface area (Å²) in [7, 11) is 0. The maximum atomic E-state index is 12.6. The lowest BCUT2D eigenvalue weighted by atomic mass is 9.96. The number of ether oxygens (including phenoxy) is 1. The minimum atomic E-state index is -0.506. The summed E-state index contributed by atoms with van der Waals surface area (Å²) < 4.78 is 5.38. The third kappa shape index (κ3) is 4.10. The van der Waals surface area contributed by atoms with Crippen LogP contribution in [0.15, 0.2) is 24.4 Å². The van der Waals surface area contributed by atoms with Gasteiger partial charge in [-0.1, -0.05) is 12.1 Å². The summed E-state index contributed by atoms with van der Waals surface area (Å²) in [5, 5.41) is 10.8. The first-order valence-electron chi connectivity index (χ1n) is 8.54. The first kappa shape index (κ1) is 17.3. The molecule has 1 aromatic heterocycles. The molecule has 134 valence electrons. The Bertz CT molecular complexity index is 770. The standard InChI is InChI=1S/C18H24N4O3/c1-18(2,3)25-17(24)22-9-7-12(8-10-22)16(23)20-14-6-4-5-13-11-19-21-15(13)14/h4-6,11-12H,7-10H2,1-3H3,(H,19,21)(H,20,23). The second-order valence-corrected chi connectivity index (χ2v) is 7.37. The van der Waals surface area contributed by atoms with Gasteiger partial charge in [-0.05, 0) is 39.7 Å². The van der Waals surface area contributed by atoms with Gasteiger partial charge in [-0.15, -0.1) is 0 Å². The molecular formula is C18H24N4O3. The summed E-state index contributed by atoms with van der Waals surface area (Å²) >= 11 is 0. The van der Waals surface area contributed by atoms with Gasteiger partial charge >= 0.3 is 6.09 Å². The van der Waals surface area contributed by atoms with Crippen molar-refractivity contribution in [2.75, 3.05) is 18.4 Å². The predicted molar refractivity (Wildman–Crippen MR) is 95.3 cm³/mol. The molecule has 2 heterocycles. The van der Waals surface area contributed by atoms with E-state index in [9.17, 15) is 9.59 Å². The van der Waals surface area contributed by atoms with E-state index in [-0.39, 0.29) is 17.9 Å². The Hall–Kier alpha value is -2.57. The number of H-pyrrole nitrogens is 1. The summed E-state index contributed by atoms with van der Waals surface area (Å²) in [4.78, 5) is 26.3. The van der Waals surface area contributed by atoms with Gasteiger partial charge in [-0.2, -0.15) is 5.10 Å². The van der Waals surface area contributed by atoms with Crippen molar-refractivity contribution in [3.63, 3.8) is 0 Å². The van der Waals surface area contributed by atoms with Crippen LogP contribution in [0.3, 0.4) is 0 Å². The molecule has 0 spiro atoms. The molecule has 1 aliphatic heterocycles. The number of aromatic nitrogens is 2. The quantitative estimate of drug-likeness (QED) is 0.876. The van der Waals surface area contributed by atoms with Gasteiger partial charge in [-0.3, -0.25) is 9.89 Å². The first-order valence-corrected chi connectivity index (χ1v) is 8.54. The highest BCUT2D eigenvalue weighted by Gasteiger charge is 2.30. The van der Waals surface area contributed by atoms with Crippen LogP contribution >= 0.6 is 0 Å². The number of aromatic amines is 1. The Balaban J connectivity index is 1.57. The minimum absolute atomic E-state index is 0.0223. The van der Waals surface area contributed by atoms with E-state index in [1.165, 1.54) is 0 Å². The van der Waals surface area contributed by atoms with Crippen LogP contribution in [-0.2, 0) is 9.53 Å². The number of carbonyl (C=O) groups is 2. The molecule has 0 atom stereocenters. The Labute approximate surface area is 146 Å². The smallest absolute Gasteiger partial charge is 0.410 e. The summed E-state index contributed by atoms with van der Waals surface area (Å²) in [6.45, 7) is 6.60. The van der Waals surface area contributed by atoms with Gasteiger partial charge in [-0.25, -0.2) is 4.79 Å². The fourth-order valence-electron chi connectivity index (χ4n) is 2.96. The van der Waals surface area contributed by atoms with Gasteiger partial charge in [0.2, 0.25) is 5.91 Å². The number of piperidine rings is 1. The molecule has 1 aliphatic rings. The minimum Gasteiger partial charge on any atom is -0.444 e. The number of nitrogens with zero attached hydrogens (tertiary/aromatic N) is 2. The van der Waals surface area contributed by atoms with Gasteiger partial charge in [0.15, 0.2) is 0 Å². The Kier molecular flexibility index (Phi) is 4.65. The molecule has 2 amide bonds. The Morgan fingerprint density at radius 2 is 2.00 bits per heavy atom. The topological polar surface area (TPSA) is 87.3 Å². The van der Waals surface area contributed by atoms with E-state index in [0.717, 1.165) is 16.6 Å². The summed E-state index contributed by atoms with van der Waals surface area (Å²) in [6.07, 6.45) is 2.67. The van der Waals surface area contributed by atoms with Gasteiger partial charge in [0.1, 0.15) is 5.60 Å². The number of benzene rings is 1. The number of hydrogen-bond acceptors (Lipinski definition) is 4. The second kappa shape index (κ2) is 6.74. The van der Waals surface area contributed by atoms with Gasteiger partial charge < -0.3 is 15.0 Å². The zero-order valence-corrected chi connectivity index (χ0v) is 14.8. The molecular weight excluding hydrogens is 320 g/mol.